The summed E-state index contributed by atoms with van der Waals surface area (Å²) < 4.78 is 1.21. The molecule has 4 heteroatoms. The van der Waals surface area contributed by atoms with Gasteiger partial charge in [-0.1, -0.05) is 29.8 Å². The minimum atomic E-state index is -0.691. The van der Waals surface area contributed by atoms with Gasteiger partial charge < -0.3 is 10.4 Å². The average Bonchev–Trinajstić information content (AvgIpc) is 2.55. The number of hydrogen-bond donors (Lipinski definition) is 2. The molecular weight excluding hydrogens is 254 g/mol. The average molecular weight is 270 g/mol. The summed E-state index contributed by atoms with van der Waals surface area (Å²) in [7, 11) is 0. The molecule has 0 unspecified atom stereocenters. The van der Waals surface area contributed by atoms with Gasteiger partial charge in [0.2, 0.25) is 0 Å². The molecule has 0 radical (unpaired) electrons. The Morgan fingerprint density at radius 3 is 2.71 bits per heavy atom. The summed E-state index contributed by atoms with van der Waals surface area (Å²) in [5.41, 5.74) is -0.691. The molecule has 0 aliphatic rings. The van der Waals surface area contributed by atoms with Crippen LogP contribution >= 0.6 is 22.9 Å². The Kier molecular flexibility index (Phi) is 3.73. The lowest BCUT2D eigenvalue weighted by atomic mass is 10.1. The summed E-state index contributed by atoms with van der Waals surface area (Å²) in [5, 5.41) is 14.8. The number of fused-ring (bicyclic) bond motifs is 1. The van der Waals surface area contributed by atoms with Crippen molar-refractivity contribution in [2.45, 2.75) is 26.0 Å². The third-order valence-corrected chi connectivity index (χ3v) is 4.16. The topological polar surface area (TPSA) is 32.3 Å². The van der Waals surface area contributed by atoms with Gasteiger partial charge in [0.05, 0.1) is 10.6 Å². The van der Waals surface area contributed by atoms with E-state index in [0.717, 1.165) is 15.3 Å². The van der Waals surface area contributed by atoms with E-state index in [2.05, 4.69) is 11.4 Å². The first-order valence-corrected chi connectivity index (χ1v) is 6.76. The molecule has 1 heterocycles. The molecule has 1 aromatic carbocycles. The van der Waals surface area contributed by atoms with Gasteiger partial charge in [-0.05, 0) is 19.9 Å². The van der Waals surface area contributed by atoms with Crippen LogP contribution in [-0.2, 0) is 6.54 Å². The standard InChI is InChI=1S/C13H16ClNOS/c1-13(2,16)8-15-7-11-12(14)9-5-3-4-6-10(9)17-11/h3-6,15-16H,7-8H2,1-2H3. The van der Waals surface area contributed by atoms with E-state index in [1.54, 1.807) is 25.2 Å². The Balaban J connectivity index is 2.11. The summed E-state index contributed by atoms with van der Waals surface area (Å²) in [6.07, 6.45) is 0. The summed E-state index contributed by atoms with van der Waals surface area (Å²) in [6.45, 7) is 4.82. The number of thiophene rings is 1. The second-order valence-electron chi connectivity index (χ2n) is 4.75. The number of hydrogen-bond acceptors (Lipinski definition) is 3. The van der Waals surface area contributed by atoms with Crippen LogP contribution in [0, 0.1) is 0 Å². The van der Waals surface area contributed by atoms with Crippen molar-refractivity contribution in [3.63, 3.8) is 0 Å². The van der Waals surface area contributed by atoms with Crippen molar-refractivity contribution in [1.82, 2.24) is 5.32 Å². The van der Waals surface area contributed by atoms with E-state index >= 15 is 0 Å². The molecule has 92 valence electrons. The fourth-order valence-corrected chi connectivity index (χ4v) is 3.13. The van der Waals surface area contributed by atoms with Crippen LogP contribution in [0.3, 0.4) is 0 Å². The lowest BCUT2D eigenvalue weighted by molar-refractivity contribution is 0.0796. The molecule has 0 saturated carbocycles. The lowest BCUT2D eigenvalue weighted by Gasteiger charge is -2.17. The maximum absolute atomic E-state index is 9.61. The maximum atomic E-state index is 9.61. The SMILES string of the molecule is CC(C)(O)CNCc1sc2ccccc2c1Cl. The molecule has 1 aromatic heterocycles. The highest BCUT2D eigenvalue weighted by atomic mass is 35.5. The molecule has 0 aliphatic carbocycles. The molecule has 17 heavy (non-hydrogen) atoms. The first-order valence-electron chi connectivity index (χ1n) is 5.56. The Morgan fingerprint density at radius 2 is 2.06 bits per heavy atom. The van der Waals surface area contributed by atoms with Crippen LogP contribution in [0.4, 0.5) is 0 Å². The van der Waals surface area contributed by atoms with Gasteiger partial charge in [0.15, 0.2) is 0 Å². The zero-order chi connectivity index (χ0) is 12.5. The third kappa shape index (κ3) is 3.19. The van der Waals surface area contributed by atoms with E-state index in [1.165, 1.54) is 4.70 Å². The predicted octanol–water partition coefficient (Wildman–Crippen LogP) is 3.42. The molecule has 2 N–H and O–H groups in total. The van der Waals surface area contributed by atoms with Crippen LogP contribution in [0.25, 0.3) is 10.1 Å². The van der Waals surface area contributed by atoms with Crippen LogP contribution < -0.4 is 5.32 Å². The predicted molar refractivity (Wildman–Crippen MR) is 74.8 cm³/mol. The highest BCUT2D eigenvalue weighted by Gasteiger charge is 2.13. The molecule has 2 nitrogen and oxygen atoms in total. The van der Waals surface area contributed by atoms with Crippen LogP contribution in [0.2, 0.25) is 5.02 Å². The second-order valence-corrected chi connectivity index (χ2v) is 6.27. The van der Waals surface area contributed by atoms with Crippen LogP contribution in [0.15, 0.2) is 24.3 Å². The molecule has 2 rings (SSSR count). The number of aliphatic hydroxyl groups is 1. The lowest BCUT2D eigenvalue weighted by Crippen LogP contribution is -2.34. The number of nitrogens with one attached hydrogen (secondary N) is 1. The molecule has 0 amide bonds. The Morgan fingerprint density at radius 1 is 1.35 bits per heavy atom. The molecule has 0 atom stereocenters. The molecule has 2 aromatic rings. The van der Waals surface area contributed by atoms with Crippen molar-refractivity contribution in [3.8, 4) is 0 Å². The highest BCUT2D eigenvalue weighted by Crippen LogP contribution is 2.34. The zero-order valence-corrected chi connectivity index (χ0v) is 11.5. The summed E-state index contributed by atoms with van der Waals surface area (Å²) in [4.78, 5) is 1.12. The van der Waals surface area contributed by atoms with Crippen molar-refractivity contribution < 1.29 is 5.11 Å². The normalized spacial score (nSPS) is 12.2. The molecule has 0 fully saturated rings. The van der Waals surface area contributed by atoms with E-state index in [0.29, 0.717) is 13.1 Å². The van der Waals surface area contributed by atoms with Crippen LogP contribution in [0.1, 0.15) is 18.7 Å². The summed E-state index contributed by atoms with van der Waals surface area (Å²) in [6, 6.07) is 8.12. The third-order valence-electron chi connectivity index (χ3n) is 2.44. The van der Waals surface area contributed by atoms with Crippen molar-refractivity contribution in [3.05, 3.63) is 34.2 Å². The summed E-state index contributed by atoms with van der Waals surface area (Å²) >= 11 is 8.01. The quantitative estimate of drug-likeness (QED) is 0.892. The molecule has 0 aliphatic heterocycles. The molecule has 0 bridgehead atoms. The number of halogens is 1. The van der Waals surface area contributed by atoms with Crippen molar-refractivity contribution >= 4 is 33.0 Å². The monoisotopic (exact) mass is 269 g/mol. The largest absolute Gasteiger partial charge is 0.389 e. The van der Waals surface area contributed by atoms with Gasteiger partial charge in [0.25, 0.3) is 0 Å². The van der Waals surface area contributed by atoms with E-state index in [1.807, 2.05) is 18.2 Å². The first-order chi connectivity index (χ1) is 7.97. The van der Waals surface area contributed by atoms with E-state index in [4.69, 9.17) is 11.6 Å². The minimum absolute atomic E-state index is 0.553. The Bertz CT molecular complexity index is 516. The molecule has 0 spiro atoms. The van der Waals surface area contributed by atoms with Crippen LogP contribution in [0.5, 0.6) is 0 Å². The van der Waals surface area contributed by atoms with E-state index in [9.17, 15) is 5.11 Å². The van der Waals surface area contributed by atoms with Gasteiger partial charge in [-0.3, -0.25) is 0 Å². The minimum Gasteiger partial charge on any atom is -0.389 e. The van der Waals surface area contributed by atoms with Crippen molar-refractivity contribution in [1.29, 1.82) is 0 Å². The van der Waals surface area contributed by atoms with Gasteiger partial charge in [-0.15, -0.1) is 11.3 Å². The van der Waals surface area contributed by atoms with Gasteiger partial charge in [-0.25, -0.2) is 0 Å². The van der Waals surface area contributed by atoms with E-state index < -0.39 is 5.60 Å². The smallest absolute Gasteiger partial charge is 0.0715 e. The fourth-order valence-electron chi connectivity index (χ4n) is 1.66. The molecular formula is C13H16ClNOS. The Labute approximate surface area is 110 Å². The second kappa shape index (κ2) is 4.94. The summed E-state index contributed by atoms with van der Waals surface area (Å²) in [5.74, 6) is 0. The zero-order valence-electron chi connectivity index (χ0n) is 9.96. The van der Waals surface area contributed by atoms with Crippen LogP contribution in [-0.4, -0.2) is 17.3 Å². The fraction of sp³-hybridized carbons (Fsp3) is 0.385. The first kappa shape index (κ1) is 12.8. The van der Waals surface area contributed by atoms with Gasteiger partial charge in [0.1, 0.15) is 0 Å². The van der Waals surface area contributed by atoms with Gasteiger partial charge >= 0.3 is 0 Å². The number of rotatable bonds is 4. The van der Waals surface area contributed by atoms with Crippen molar-refractivity contribution in [2.75, 3.05) is 6.54 Å². The Hall–Kier alpha value is -0.610. The maximum Gasteiger partial charge on any atom is 0.0715 e. The van der Waals surface area contributed by atoms with Gasteiger partial charge in [0, 0.05) is 28.1 Å². The van der Waals surface area contributed by atoms with Crippen molar-refractivity contribution in [2.24, 2.45) is 0 Å². The van der Waals surface area contributed by atoms with E-state index in [-0.39, 0.29) is 0 Å². The highest BCUT2D eigenvalue weighted by molar-refractivity contribution is 7.19. The number of benzene rings is 1. The molecule has 0 saturated heterocycles. The van der Waals surface area contributed by atoms with Gasteiger partial charge in [-0.2, -0.15) is 0 Å².